The second-order valence-electron chi connectivity index (χ2n) is 8.44. The van der Waals surface area contributed by atoms with Gasteiger partial charge in [0.1, 0.15) is 11.9 Å². The van der Waals surface area contributed by atoms with Crippen molar-refractivity contribution in [2.24, 2.45) is 0 Å². The fourth-order valence-electron chi connectivity index (χ4n) is 4.12. The Morgan fingerprint density at radius 3 is 2.40 bits per heavy atom. The van der Waals surface area contributed by atoms with Gasteiger partial charge in [0.15, 0.2) is 11.5 Å². The molecular weight excluding hydrogens is 447 g/mol. The van der Waals surface area contributed by atoms with E-state index in [0.29, 0.717) is 30.9 Å². The molecule has 7 heteroatoms. The van der Waals surface area contributed by atoms with Gasteiger partial charge in [-0.05, 0) is 54.3 Å². The number of carbonyl (C=O) groups is 2. The van der Waals surface area contributed by atoms with E-state index in [9.17, 15) is 14.0 Å². The number of hydrogen-bond donors (Lipinski definition) is 1. The molecule has 2 amide bonds. The minimum Gasteiger partial charge on any atom is -0.454 e. The van der Waals surface area contributed by atoms with Crippen molar-refractivity contribution in [3.05, 3.63) is 95.3 Å². The van der Waals surface area contributed by atoms with Crippen molar-refractivity contribution >= 4 is 11.8 Å². The summed E-state index contributed by atoms with van der Waals surface area (Å²) in [5.74, 6) is 0.646. The second kappa shape index (κ2) is 11.5. The molecule has 1 aliphatic heterocycles. The summed E-state index contributed by atoms with van der Waals surface area (Å²) in [5.41, 5.74) is 2.66. The van der Waals surface area contributed by atoms with E-state index in [0.717, 1.165) is 16.7 Å². The molecule has 0 bridgehead atoms. The van der Waals surface area contributed by atoms with E-state index in [-0.39, 0.29) is 37.4 Å². The van der Waals surface area contributed by atoms with E-state index >= 15 is 0 Å². The van der Waals surface area contributed by atoms with Crippen molar-refractivity contribution in [3.63, 3.8) is 0 Å². The van der Waals surface area contributed by atoms with Gasteiger partial charge in [-0.1, -0.05) is 48.5 Å². The molecule has 0 aliphatic carbocycles. The van der Waals surface area contributed by atoms with Crippen molar-refractivity contribution < 1.29 is 23.5 Å². The van der Waals surface area contributed by atoms with Gasteiger partial charge in [-0.25, -0.2) is 4.39 Å². The summed E-state index contributed by atoms with van der Waals surface area (Å²) in [4.78, 5) is 28.3. The highest BCUT2D eigenvalue weighted by atomic mass is 19.1. The van der Waals surface area contributed by atoms with Crippen molar-refractivity contribution in [2.75, 3.05) is 13.3 Å². The Balaban J connectivity index is 1.57. The van der Waals surface area contributed by atoms with Crippen LogP contribution >= 0.6 is 0 Å². The highest BCUT2D eigenvalue weighted by Crippen LogP contribution is 2.33. The van der Waals surface area contributed by atoms with Crippen molar-refractivity contribution in [1.82, 2.24) is 10.2 Å². The molecule has 182 valence electrons. The fraction of sp³-hybridized carbons (Fsp3) is 0.286. The number of benzene rings is 3. The zero-order chi connectivity index (χ0) is 24.6. The Bertz CT molecular complexity index is 1150. The van der Waals surface area contributed by atoms with Gasteiger partial charge in [0, 0.05) is 25.9 Å². The fourth-order valence-corrected chi connectivity index (χ4v) is 4.12. The second-order valence-corrected chi connectivity index (χ2v) is 8.44. The van der Waals surface area contributed by atoms with Crippen LogP contribution in [0.5, 0.6) is 11.5 Å². The summed E-state index contributed by atoms with van der Waals surface area (Å²) >= 11 is 0. The number of aryl methyl sites for hydroxylation is 1. The SMILES string of the molecule is CCNC(=O)[C@@H](Cc1ccccc1)N(Cc1ccc(F)cc1)C(=O)CCc1ccc2c(c1)OCO2. The number of nitrogens with zero attached hydrogens (tertiary/aromatic N) is 1. The molecule has 0 radical (unpaired) electrons. The zero-order valence-electron chi connectivity index (χ0n) is 19.7. The van der Waals surface area contributed by atoms with Crippen LogP contribution in [0.15, 0.2) is 72.8 Å². The first-order valence-corrected chi connectivity index (χ1v) is 11.8. The minimum absolute atomic E-state index is 0.154. The molecule has 3 aromatic carbocycles. The average Bonchev–Trinajstić information content (AvgIpc) is 3.34. The van der Waals surface area contributed by atoms with E-state index in [2.05, 4.69) is 5.32 Å². The maximum atomic E-state index is 13.6. The van der Waals surface area contributed by atoms with Gasteiger partial charge in [0.05, 0.1) is 0 Å². The number of carbonyl (C=O) groups excluding carboxylic acids is 2. The molecule has 0 saturated carbocycles. The predicted octanol–water partition coefficient (Wildman–Crippen LogP) is 4.26. The summed E-state index contributed by atoms with van der Waals surface area (Å²) in [6.07, 6.45) is 1.08. The Morgan fingerprint density at radius 2 is 1.66 bits per heavy atom. The minimum atomic E-state index is -0.702. The number of ether oxygens (including phenoxy) is 2. The molecular formula is C28H29FN2O4. The standard InChI is InChI=1S/C28H29FN2O4/c1-2-30-28(33)24(16-20-6-4-3-5-7-20)31(18-22-8-12-23(29)13-9-22)27(32)15-11-21-10-14-25-26(17-21)35-19-34-25/h3-10,12-14,17,24H,2,11,15-16,18-19H2,1H3,(H,30,33)/t24-/m1/s1. The molecule has 1 N–H and O–H groups in total. The largest absolute Gasteiger partial charge is 0.454 e. The monoisotopic (exact) mass is 476 g/mol. The lowest BCUT2D eigenvalue weighted by molar-refractivity contribution is -0.141. The number of fused-ring (bicyclic) bond motifs is 1. The molecule has 0 spiro atoms. The summed E-state index contributed by atoms with van der Waals surface area (Å²) < 4.78 is 24.3. The van der Waals surface area contributed by atoms with Crippen LogP contribution in [0.2, 0.25) is 0 Å². The third kappa shape index (κ3) is 6.38. The topological polar surface area (TPSA) is 67.9 Å². The number of rotatable bonds is 10. The first-order valence-electron chi connectivity index (χ1n) is 11.8. The number of likely N-dealkylation sites (N-methyl/N-ethyl adjacent to an activating group) is 1. The lowest BCUT2D eigenvalue weighted by atomic mass is 10.0. The highest BCUT2D eigenvalue weighted by molar-refractivity contribution is 5.88. The number of hydrogen-bond acceptors (Lipinski definition) is 4. The average molecular weight is 477 g/mol. The van der Waals surface area contributed by atoms with Gasteiger partial charge in [0.2, 0.25) is 18.6 Å². The predicted molar refractivity (Wildman–Crippen MR) is 130 cm³/mol. The summed E-state index contributed by atoms with van der Waals surface area (Å²) in [6, 6.07) is 20.6. The Hall–Kier alpha value is -3.87. The van der Waals surface area contributed by atoms with Crippen LogP contribution in [0.25, 0.3) is 0 Å². The molecule has 1 heterocycles. The highest BCUT2D eigenvalue weighted by Gasteiger charge is 2.30. The summed E-state index contributed by atoms with van der Waals surface area (Å²) in [6.45, 7) is 2.70. The molecule has 1 aliphatic rings. The van der Waals surface area contributed by atoms with Crippen molar-refractivity contribution in [2.45, 2.75) is 38.8 Å². The van der Waals surface area contributed by atoms with E-state index in [1.54, 1.807) is 17.0 Å². The molecule has 0 saturated heterocycles. The lowest BCUT2D eigenvalue weighted by Crippen LogP contribution is -2.50. The van der Waals surface area contributed by atoms with Crippen LogP contribution in [-0.2, 0) is 29.0 Å². The summed E-state index contributed by atoms with van der Waals surface area (Å²) in [7, 11) is 0. The van der Waals surface area contributed by atoms with Gasteiger partial charge >= 0.3 is 0 Å². The van der Waals surface area contributed by atoms with E-state index in [4.69, 9.17) is 9.47 Å². The molecule has 0 unspecified atom stereocenters. The van der Waals surface area contributed by atoms with Crippen LogP contribution in [0.4, 0.5) is 4.39 Å². The molecule has 0 aromatic heterocycles. The first-order chi connectivity index (χ1) is 17.0. The number of halogens is 1. The van der Waals surface area contributed by atoms with Crippen LogP contribution < -0.4 is 14.8 Å². The van der Waals surface area contributed by atoms with Gasteiger partial charge in [-0.3, -0.25) is 9.59 Å². The van der Waals surface area contributed by atoms with Gasteiger partial charge in [-0.2, -0.15) is 0 Å². The molecule has 4 rings (SSSR count). The van der Waals surface area contributed by atoms with Crippen molar-refractivity contribution in [3.8, 4) is 11.5 Å². The third-order valence-corrected chi connectivity index (χ3v) is 5.95. The lowest BCUT2D eigenvalue weighted by Gasteiger charge is -2.31. The van der Waals surface area contributed by atoms with Gasteiger partial charge < -0.3 is 19.7 Å². The van der Waals surface area contributed by atoms with Crippen LogP contribution in [-0.4, -0.2) is 36.1 Å². The third-order valence-electron chi connectivity index (χ3n) is 5.95. The quantitative estimate of drug-likeness (QED) is 0.475. The maximum Gasteiger partial charge on any atom is 0.243 e. The smallest absolute Gasteiger partial charge is 0.243 e. The molecule has 35 heavy (non-hydrogen) atoms. The maximum absolute atomic E-state index is 13.6. The number of amides is 2. The van der Waals surface area contributed by atoms with E-state index < -0.39 is 6.04 Å². The Labute approximate surface area is 204 Å². The Kier molecular flexibility index (Phi) is 7.98. The van der Waals surface area contributed by atoms with Crippen molar-refractivity contribution in [1.29, 1.82) is 0 Å². The normalized spacial score (nSPS) is 12.7. The molecule has 3 aromatic rings. The van der Waals surface area contributed by atoms with Crippen LogP contribution in [0.1, 0.15) is 30.0 Å². The molecule has 1 atom stereocenters. The number of nitrogens with one attached hydrogen (secondary N) is 1. The van der Waals surface area contributed by atoms with Crippen LogP contribution in [0, 0.1) is 5.82 Å². The van der Waals surface area contributed by atoms with Gasteiger partial charge in [0.25, 0.3) is 0 Å². The molecule has 0 fully saturated rings. The van der Waals surface area contributed by atoms with E-state index in [1.165, 1.54) is 12.1 Å². The van der Waals surface area contributed by atoms with Crippen LogP contribution in [0.3, 0.4) is 0 Å². The first kappa shape index (κ1) is 24.3. The van der Waals surface area contributed by atoms with E-state index in [1.807, 2.05) is 55.5 Å². The zero-order valence-corrected chi connectivity index (χ0v) is 19.7. The van der Waals surface area contributed by atoms with Gasteiger partial charge in [-0.15, -0.1) is 0 Å². The molecule has 6 nitrogen and oxygen atoms in total. The summed E-state index contributed by atoms with van der Waals surface area (Å²) in [5, 5.41) is 2.87. The Morgan fingerprint density at radius 1 is 0.943 bits per heavy atom.